The summed E-state index contributed by atoms with van der Waals surface area (Å²) in [6, 6.07) is -0.237. The molecule has 126 valence electrons. The monoisotopic (exact) mass is 326 g/mol. The lowest BCUT2D eigenvalue weighted by molar-refractivity contribution is -0.129. The molecule has 1 aliphatic heterocycles. The van der Waals surface area contributed by atoms with Crippen LogP contribution in [0, 0.1) is 0 Å². The van der Waals surface area contributed by atoms with Crippen molar-refractivity contribution in [2.45, 2.75) is 50.5 Å². The number of hydrogen-bond acceptors (Lipinski definition) is 5. The average Bonchev–Trinajstić information content (AvgIpc) is 3.24. The molecule has 1 atom stereocenters. The predicted molar refractivity (Wildman–Crippen MR) is 88.2 cm³/mol. The highest BCUT2D eigenvalue weighted by atomic mass is 16.2. The molecule has 1 amide bonds. The van der Waals surface area contributed by atoms with E-state index in [0.717, 1.165) is 24.4 Å². The number of likely N-dealkylation sites (N-methyl/N-ethyl adjacent to an activating group) is 1. The Morgan fingerprint density at radius 2 is 1.83 bits per heavy atom. The van der Waals surface area contributed by atoms with Gasteiger partial charge in [0.25, 0.3) is 0 Å². The van der Waals surface area contributed by atoms with Crippen molar-refractivity contribution in [1.82, 2.24) is 29.9 Å². The minimum Gasteiger partial charge on any atom is -0.344 e. The van der Waals surface area contributed by atoms with Crippen molar-refractivity contribution in [3.8, 4) is 11.3 Å². The number of rotatable bonds is 3. The number of hydrogen-bond donors (Lipinski definition) is 0. The number of likely N-dealkylation sites (tertiary alicyclic amines) is 1. The summed E-state index contributed by atoms with van der Waals surface area (Å²) in [5, 5.41) is 8.33. The lowest BCUT2D eigenvalue weighted by Crippen LogP contribution is -2.24. The Balaban J connectivity index is 1.51. The molecule has 0 aromatic carbocycles. The molecule has 4 rings (SSSR count). The van der Waals surface area contributed by atoms with Crippen molar-refractivity contribution in [3.63, 3.8) is 0 Å². The van der Waals surface area contributed by atoms with Gasteiger partial charge >= 0.3 is 0 Å². The summed E-state index contributed by atoms with van der Waals surface area (Å²) in [7, 11) is 1.82. The molecule has 1 saturated carbocycles. The molecule has 0 spiro atoms. The van der Waals surface area contributed by atoms with Crippen LogP contribution in [0.3, 0.4) is 0 Å². The summed E-state index contributed by atoms with van der Waals surface area (Å²) in [6.45, 7) is 0.762. The van der Waals surface area contributed by atoms with Crippen LogP contribution in [0.15, 0.2) is 18.6 Å². The van der Waals surface area contributed by atoms with Crippen LogP contribution in [0.25, 0.3) is 11.3 Å². The minimum absolute atomic E-state index is 0.0929. The predicted octanol–water partition coefficient (Wildman–Crippen LogP) is 2.19. The molecule has 7 heteroatoms. The zero-order valence-electron chi connectivity index (χ0n) is 13.9. The summed E-state index contributed by atoms with van der Waals surface area (Å²) < 4.78 is 1.66. The number of carbonyl (C=O) groups excluding carboxylic acids is 1. The van der Waals surface area contributed by atoms with E-state index in [4.69, 9.17) is 0 Å². The van der Waals surface area contributed by atoms with Crippen molar-refractivity contribution in [2.24, 2.45) is 0 Å². The zero-order chi connectivity index (χ0) is 16.5. The molecule has 2 aromatic rings. The van der Waals surface area contributed by atoms with Crippen molar-refractivity contribution in [1.29, 1.82) is 0 Å². The standard InChI is InChI=1S/C17H22N6O/c1-22-8-7-15(17(22)24)23-11-14(20-21-23)13-9-18-16(19-10-13)12-5-3-2-4-6-12/h9-12,15H,2-8H2,1H3/t15-/m1/s1. The van der Waals surface area contributed by atoms with Gasteiger partial charge in [-0.2, -0.15) is 0 Å². The summed E-state index contributed by atoms with van der Waals surface area (Å²) in [6.07, 6.45) is 12.5. The van der Waals surface area contributed by atoms with Crippen LogP contribution in [-0.4, -0.2) is 49.4 Å². The van der Waals surface area contributed by atoms with Crippen molar-refractivity contribution in [3.05, 3.63) is 24.4 Å². The van der Waals surface area contributed by atoms with E-state index in [9.17, 15) is 4.79 Å². The molecule has 0 unspecified atom stereocenters. The van der Waals surface area contributed by atoms with E-state index >= 15 is 0 Å². The maximum Gasteiger partial charge on any atom is 0.247 e. The average molecular weight is 326 g/mol. The number of amides is 1. The molecule has 1 saturated heterocycles. The van der Waals surface area contributed by atoms with Gasteiger partial charge in [-0.15, -0.1) is 5.10 Å². The first kappa shape index (κ1) is 15.2. The van der Waals surface area contributed by atoms with Gasteiger partial charge < -0.3 is 4.90 Å². The van der Waals surface area contributed by atoms with Gasteiger partial charge in [0.15, 0.2) is 0 Å². The Hall–Kier alpha value is -2.31. The second kappa shape index (κ2) is 6.30. The highest BCUT2D eigenvalue weighted by Gasteiger charge is 2.31. The SMILES string of the molecule is CN1CC[C@@H](n2cc(-c3cnc(C4CCCCC4)nc3)nn2)C1=O. The number of aromatic nitrogens is 5. The highest BCUT2D eigenvalue weighted by molar-refractivity contribution is 5.82. The smallest absolute Gasteiger partial charge is 0.247 e. The Morgan fingerprint density at radius 3 is 2.50 bits per heavy atom. The molecule has 7 nitrogen and oxygen atoms in total. The van der Waals surface area contributed by atoms with Gasteiger partial charge in [-0.3, -0.25) is 4.79 Å². The van der Waals surface area contributed by atoms with E-state index in [0.29, 0.717) is 11.6 Å². The van der Waals surface area contributed by atoms with Gasteiger partial charge in [0, 0.05) is 37.5 Å². The molecule has 2 fully saturated rings. The van der Waals surface area contributed by atoms with Crippen molar-refractivity contribution < 1.29 is 4.79 Å². The fourth-order valence-electron chi connectivity index (χ4n) is 3.65. The van der Waals surface area contributed by atoms with Gasteiger partial charge in [-0.05, 0) is 19.3 Å². The summed E-state index contributed by atoms with van der Waals surface area (Å²) in [5.41, 5.74) is 1.56. The first-order valence-electron chi connectivity index (χ1n) is 8.71. The Morgan fingerprint density at radius 1 is 1.08 bits per heavy atom. The second-order valence-electron chi connectivity index (χ2n) is 6.81. The summed E-state index contributed by atoms with van der Waals surface area (Å²) in [4.78, 5) is 22.9. The van der Waals surface area contributed by atoms with Crippen LogP contribution in [0.1, 0.15) is 56.3 Å². The molecule has 2 aromatic heterocycles. The first-order chi connectivity index (χ1) is 11.7. The lowest BCUT2D eigenvalue weighted by Gasteiger charge is -2.19. The van der Waals surface area contributed by atoms with Crippen LogP contribution in [-0.2, 0) is 4.79 Å². The molecule has 0 bridgehead atoms. The molecule has 3 heterocycles. The van der Waals surface area contributed by atoms with Crippen LogP contribution in [0.2, 0.25) is 0 Å². The van der Waals surface area contributed by atoms with Crippen LogP contribution in [0.4, 0.5) is 0 Å². The molecule has 1 aliphatic carbocycles. The third kappa shape index (κ3) is 2.79. The number of nitrogens with zero attached hydrogens (tertiary/aromatic N) is 6. The van der Waals surface area contributed by atoms with E-state index in [-0.39, 0.29) is 11.9 Å². The molecule has 0 N–H and O–H groups in total. The first-order valence-corrected chi connectivity index (χ1v) is 8.71. The Kier molecular flexibility index (Phi) is 4.00. The maximum absolute atomic E-state index is 12.1. The quantitative estimate of drug-likeness (QED) is 0.864. The van der Waals surface area contributed by atoms with Gasteiger partial charge in [-0.1, -0.05) is 24.5 Å². The maximum atomic E-state index is 12.1. The van der Waals surface area contributed by atoms with E-state index in [1.807, 2.05) is 25.6 Å². The zero-order valence-corrected chi connectivity index (χ0v) is 13.9. The third-order valence-electron chi connectivity index (χ3n) is 5.17. The molecular formula is C17H22N6O. The number of carbonyl (C=O) groups is 1. The highest BCUT2D eigenvalue weighted by Crippen LogP contribution is 2.31. The minimum atomic E-state index is -0.237. The summed E-state index contributed by atoms with van der Waals surface area (Å²) >= 11 is 0. The fourth-order valence-corrected chi connectivity index (χ4v) is 3.65. The molecule has 0 radical (unpaired) electrons. The Labute approximate surface area is 141 Å². The lowest BCUT2D eigenvalue weighted by atomic mass is 9.89. The largest absolute Gasteiger partial charge is 0.344 e. The second-order valence-corrected chi connectivity index (χ2v) is 6.81. The van der Waals surface area contributed by atoms with E-state index in [1.165, 1.54) is 32.1 Å². The molecular weight excluding hydrogens is 304 g/mol. The normalized spacial score (nSPS) is 22.3. The van der Waals surface area contributed by atoms with Crippen LogP contribution < -0.4 is 0 Å². The van der Waals surface area contributed by atoms with E-state index in [1.54, 1.807) is 9.58 Å². The van der Waals surface area contributed by atoms with E-state index < -0.39 is 0 Å². The van der Waals surface area contributed by atoms with Crippen molar-refractivity contribution >= 4 is 5.91 Å². The van der Waals surface area contributed by atoms with Crippen LogP contribution in [0.5, 0.6) is 0 Å². The van der Waals surface area contributed by atoms with Crippen molar-refractivity contribution in [2.75, 3.05) is 13.6 Å². The van der Waals surface area contributed by atoms with Gasteiger partial charge in [0.05, 0.1) is 6.20 Å². The van der Waals surface area contributed by atoms with Gasteiger partial charge in [-0.25, -0.2) is 14.6 Å². The van der Waals surface area contributed by atoms with Crippen LogP contribution >= 0.6 is 0 Å². The Bertz CT molecular complexity index is 719. The fraction of sp³-hybridized carbons (Fsp3) is 0.588. The topological polar surface area (TPSA) is 76.8 Å². The third-order valence-corrected chi connectivity index (χ3v) is 5.17. The summed E-state index contributed by atoms with van der Waals surface area (Å²) in [5.74, 6) is 1.53. The molecule has 24 heavy (non-hydrogen) atoms. The molecule has 2 aliphatic rings. The van der Waals surface area contributed by atoms with Gasteiger partial charge in [0.1, 0.15) is 17.6 Å². The van der Waals surface area contributed by atoms with E-state index in [2.05, 4.69) is 20.3 Å². The van der Waals surface area contributed by atoms with Gasteiger partial charge in [0.2, 0.25) is 5.91 Å².